The minimum absolute atomic E-state index is 0.0804. The number of aromatic carboxylic acids is 1. The normalized spacial score (nSPS) is 10.5. The fraction of sp³-hybridized carbons (Fsp3) is 0.118. The Morgan fingerprint density at radius 1 is 1.25 bits per heavy atom. The first kappa shape index (κ1) is 15.5. The van der Waals surface area contributed by atoms with Crippen LogP contribution in [0.25, 0.3) is 5.69 Å². The molecular weight excluding hydrogens is 310 g/mol. The number of amides is 1. The minimum atomic E-state index is -1.16. The fourth-order valence-corrected chi connectivity index (χ4v) is 2.26. The summed E-state index contributed by atoms with van der Waals surface area (Å²) in [6.07, 6.45) is 4.93. The molecule has 3 rings (SSSR count). The van der Waals surface area contributed by atoms with E-state index in [4.69, 9.17) is 9.52 Å². The van der Waals surface area contributed by atoms with Crippen molar-refractivity contribution < 1.29 is 19.1 Å². The number of rotatable bonds is 5. The molecule has 1 amide bonds. The summed E-state index contributed by atoms with van der Waals surface area (Å²) in [7, 11) is 0. The van der Waals surface area contributed by atoms with E-state index < -0.39 is 5.97 Å². The lowest BCUT2D eigenvalue weighted by molar-refractivity contribution is 0.0659. The highest BCUT2D eigenvalue weighted by Crippen LogP contribution is 2.12. The number of carbonyl (C=O) groups excluding carboxylic acids is 1. The second-order valence-electron chi connectivity index (χ2n) is 5.27. The van der Waals surface area contributed by atoms with Crippen LogP contribution < -0.4 is 5.32 Å². The van der Waals surface area contributed by atoms with E-state index >= 15 is 0 Å². The van der Waals surface area contributed by atoms with Gasteiger partial charge in [0.15, 0.2) is 0 Å². The van der Waals surface area contributed by atoms with Crippen LogP contribution in [0.4, 0.5) is 0 Å². The van der Waals surface area contributed by atoms with E-state index in [9.17, 15) is 9.59 Å². The molecule has 7 nitrogen and oxygen atoms in total. The van der Waals surface area contributed by atoms with E-state index in [0.29, 0.717) is 11.1 Å². The zero-order valence-electron chi connectivity index (χ0n) is 12.9. The van der Waals surface area contributed by atoms with Gasteiger partial charge in [-0.05, 0) is 42.8 Å². The van der Waals surface area contributed by atoms with Crippen molar-refractivity contribution in [3.05, 3.63) is 71.4 Å². The summed E-state index contributed by atoms with van der Waals surface area (Å²) in [5.74, 6) is -1.63. The van der Waals surface area contributed by atoms with Gasteiger partial charge in [-0.25, -0.2) is 9.48 Å². The van der Waals surface area contributed by atoms with Gasteiger partial charge in [0.1, 0.15) is 0 Å². The maximum atomic E-state index is 12.2. The monoisotopic (exact) mass is 325 g/mol. The third-order valence-electron chi connectivity index (χ3n) is 3.49. The Hall–Kier alpha value is -3.35. The average Bonchev–Trinajstić information content (AvgIpc) is 3.21. The number of aromatic nitrogens is 2. The third kappa shape index (κ3) is 3.19. The molecule has 0 fully saturated rings. The van der Waals surface area contributed by atoms with E-state index in [1.807, 2.05) is 13.1 Å². The molecule has 7 heteroatoms. The molecule has 2 aromatic heterocycles. The topological polar surface area (TPSA) is 97.4 Å². The van der Waals surface area contributed by atoms with Crippen LogP contribution in [0.15, 0.2) is 53.4 Å². The van der Waals surface area contributed by atoms with Crippen molar-refractivity contribution in [1.29, 1.82) is 0 Å². The van der Waals surface area contributed by atoms with Gasteiger partial charge < -0.3 is 14.8 Å². The number of carboxylic acids is 1. The molecule has 2 N–H and O–H groups in total. The number of nitrogens with zero attached hydrogens (tertiary/aromatic N) is 2. The molecule has 3 aromatic rings. The lowest BCUT2D eigenvalue weighted by Crippen LogP contribution is -2.23. The molecule has 0 saturated heterocycles. The number of nitrogens with one attached hydrogen (secondary N) is 1. The molecule has 2 heterocycles. The van der Waals surface area contributed by atoms with Crippen LogP contribution >= 0.6 is 0 Å². The van der Waals surface area contributed by atoms with Crippen LogP contribution in [-0.4, -0.2) is 26.8 Å². The van der Waals surface area contributed by atoms with Crippen LogP contribution in [0, 0.1) is 6.92 Å². The van der Waals surface area contributed by atoms with Crippen molar-refractivity contribution in [2.24, 2.45) is 0 Å². The predicted molar refractivity (Wildman–Crippen MR) is 85.1 cm³/mol. The van der Waals surface area contributed by atoms with Crippen molar-refractivity contribution in [3.8, 4) is 5.69 Å². The number of hydrogen-bond acceptors (Lipinski definition) is 4. The maximum absolute atomic E-state index is 12.2. The highest BCUT2D eigenvalue weighted by Gasteiger charge is 2.15. The van der Waals surface area contributed by atoms with Crippen LogP contribution in [0.3, 0.4) is 0 Å². The molecule has 122 valence electrons. The van der Waals surface area contributed by atoms with Crippen LogP contribution in [0.5, 0.6) is 0 Å². The van der Waals surface area contributed by atoms with Gasteiger partial charge in [-0.1, -0.05) is 0 Å². The molecule has 24 heavy (non-hydrogen) atoms. The molecule has 0 spiro atoms. The number of carboxylic acid groups (broad SMARTS) is 1. The van der Waals surface area contributed by atoms with Crippen molar-refractivity contribution in [2.45, 2.75) is 13.5 Å². The van der Waals surface area contributed by atoms with E-state index in [1.165, 1.54) is 12.3 Å². The number of furan rings is 1. The van der Waals surface area contributed by atoms with Crippen molar-refractivity contribution in [1.82, 2.24) is 15.1 Å². The Bertz CT molecular complexity index is 877. The average molecular weight is 325 g/mol. The maximum Gasteiger partial charge on any atom is 0.372 e. The summed E-state index contributed by atoms with van der Waals surface area (Å²) < 4.78 is 6.59. The molecule has 0 aliphatic carbocycles. The Balaban J connectivity index is 1.67. The van der Waals surface area contributed by atoms with E-state index in [1.54, 1.807) is 35.1 Å². The first-order valence-corrected chi connectivity index (χ1v) is 7.24. The number of aryl methyl sites for hydroxylation is 1. The standard InChI is InChI=1S/C17H15N3O4/c1-11-8-19-20(10-11)14-4-2-12(3-5-14)16(21)18-9-13-6-7-24-15(13)17(22)23/h2-8,10H,9H2,1H3,(H,18,21)(H,22,23). The largest absolute Gasteiger partial charge is 0.475 e. The molecule has 0 aliphatic rings. The molecule has 1 aromatic carbocycles. The van der Waals surface area contributed by atoms with Crippen molar-refractivity contribution >= 4 is 11.9 Å². The molecular formula is C17H15N3O4. The second-order valence-corrected chi connectivity index (χ2v) is 5.27. The quantitative estimate of drug-likeness (QED) is 0.751. The van der Waals surface area contributed by atoms with E-state index in [-0.39, 0.29) is 18.2 Å². The number of benzene rings is 1. The first-order valence-electron chi connectivity index (χ1n) is 7.24. The zero-order chi connectivity index (χ0) is 17.1. The second kappa shape index (κ2) is 6.41. The van der Waals surface area contributed by atoms with Gasteiger partial charge in [0, 0.05) is 23.9 Å². The highest BCUT2D eigenvalue weighted by atomic mass is 16.4. The molecule has 0 radical (unpaired) electrons. The van der Waals surface area contributed by atoms with Gasteiger partial charge in [-0.2, -0.15) is 5.10 Å². The lowest BCUT2D eigenvalue weighted by Gasteiger charge is -2.06. The van der Waals surface area contributed by atoms with Gasteiger partial charge in [0.05, 0.1) is 18.1 Å². The Morgan fingerprint density at radius 3 is 2.62 bits per heavy atom. The Kier molecular flexibility index (Phi) is 4.15. The van der Waals surface area contributed by atoms with E-state index in [2.05, 4.69) is 10.4 Å². The lowest BCUT2D eigenvalue weighted by atomic mass is 10.2. The molecule has 0 bridgehead atoms. The SMILES string of the molecule is Cc1cnn(-c2ccc(C(=O)NCc3ccoc3C(=O)O)cc2)c1. The first-order chi connectivity index (χ1) is 11.5. The number of carbonyl (C=O) groups is 2. The Morgan fingerprint density at radius 2 is 2.00 bits per heavy atom. The van der Waals surface area contributed by atoms with Gasteiger partial charge in [-0.15, -0.1) is 0 Å². The summed E-state index contributed by atoms with van der Waals surface area (Å²) in [6, 6.07) is 8.49. The molecule has 0 atom stereocenters. The highest BCUT2D eigenvalue weighted by molar-refractivity contribution is 5.94. The Labute approximate surface area is 137 Å². The van der Waals surface area contributed by atoms with Crippen LogP contribution in [0.1, 0.15) is 32.0 Å². The minimum Gasteiger partial charge on any atom is -0.475 e. The van der Waals surface area contributed by atoms with Gasteiger partial charge >= 0.3 is 5.97 Å². The molecule has 0 unspecified atom stereocenters. The van der Waals surface area contributed by atoms with Crippen molar-refractivity contribution in [3.63, 3.8) is 0 Å². The van der Waals surface area contributed by atoms with Gasteiger partial charge in [0.2, 0.25) is 5.76 Å². The van der Waals surface area contributed by atoms with Gasteiger partial charge in [0.25, 0.3) is 5.91 Å². The summed E-state index contributed by atoms with van der Waals surface area (Å²) in [5.41, 5.74) is 2.79. The fourth-order valence-electron chi connectivity index (χ4n) is 2.26. The molecule has 0 saturated carbocycles. The van der Waals surface area contributed by atoms with E-state index in [0.717, 1.165) is 11.3 Å². The van der Waals surface area contributed by atoms with Crippen LogP contribution in [0.2, 0.25) is 0 Å². The predicted octanol–water partition coefficient (Wildman–Crippen LogP) is 2.40. The summed E-state index contributed by atoms with van der Waals surface area (Å²) >= 11 is 0. The smallest absolute Gasteiger partial charge is 0.372 e. The summed E-state index contributed by atoms with van der Waals surface area (Å²) in [5, 5.41) is 15.8. The zero-order valence-corrected chi connectivity index (χ0v) is 12.9. The van der Waals surface area contributed by atoms with Gasteiger partial charge in [-0.3, -0.25) is 4.79 Å². The summed E-state index contributed by atoms with van der Waals surface area (Å²) in [4.78, 5) is 23.1. The van der Waals surface area contributed by atoms with Crippen molar-refractivity contribution in [2.75, 3.05) is 0 Å². The number of hydrogen-bond donors (Lipinski definition) is 2. The summed E-state index contributed by atoms with van der Waals surface area (Å²) in [6.45, 7) is 2.03. The molecule has 0 aliphatic heterocycles. The third-order valence-corrected chi connectivity index (χ3v) is 3.49. The van der Waals surface area contributed by atoms with Crippen LogP contribution in [-0.2, 0) is 6.54 Å².